The summed E-state index contributed by atoms with van der Waals surface area (Å²) < 4.78 is 26.6. The topological polar surface area (TPSA) is 68.1 Å². The van der Waals surface area contributed by atoms with Crippen LogP contribution in [0.15, 0.2) is 17.3 Å². The van der Waals surface area contributed by atoms with Gasteiger partial charge < -0.3 is 0 Å². The standard InChI is InChI=1S/C11H16N4O2S2/c1-8-9(2)18-11(13-8)7-15-6-10(5-12-15)19(16,17)14(3)4/h5-6H,7H2,1-4H3. The number of hydrogen-bond donors (Lipinski definition) is 0. The van der Waals surface area contributed by atoms with Gasteiger partial charge in [0.1, 0.15) is 9.90 Å². The van der Waals surface area contributed by atoms with Gasteiger partial charge in [-0.05, 0) is 13.8 Å². The lowest BCUT2D eigenvalue weighted by Crippen LogP contribution is -2.21. The van der Waals surface area contributed by atoms with E-state index in [1.807, 2.05) is 13.8 Å². The van der Waals surface area contributed by atoms with E-state index in [0.29, 0.717) is 6.54 Å². The van der Waals surface area contributed by atoms with Crippen LogP contribution in [0.1, 0.15) is 15.6 Å². The molecule has 19 heavy (non-hydrogen) atoms. The highest BCUT2D eigenvalue weighted by Crippen LogP contribution is 2.18. The molecule has 2 rings (SSSR count). The Morgan fingerprint density at radius 1 is 1.37 bits per heavy atom. The number of thiazole rings is 1. The molecule has 0 fully saturated rings. The van der Waals surface area contributed by atoms with E-state index in [1.165, 1.54) is 35.7 Å². The van der Waals surface area contributed by atoms with Crippen LogP contribution in [-0.2, 0) is 16.6 Å². The number of rotatable bonds is 4. The van der Waals surface area contributed by atoms with Crippen LogP contribution >= 0.6 is 11.3 Å². The normalized spacial score (nSPS) is 12.3. The minimum absolute atomic E-state index is 0.197. The lowest BCUT2D eigenvalue weighted by Gasteiger charge is -2.08. The molecule has 0 bridgehead atoms. The third kappa shape index (κ3) is 2.85. The maximum Gasteiger partial charge on any atom is 0.245 e. The molecule has 0 atom stereocenters. The highest BCUT2D eigenvalue weighted by atomic mass is 32.2. The van der Waals surface area contributed by atoms with Crippen molar-refractivity contribution in [1.29, 1.82) is 0 Å². The molecular weight excluding hydrogens is 284 g/mol. The minimum Gasteiger partial charge on any atom is -0.264 e. The van der Waals surface area contributed by atoms with Gasteiger partial charge in [-0.25, -0.2) is 17.7 Å². The van der Waals surface area contributed by atoms with Gasteiger partial charge in [0.2, 0.25) is 10.0 Å². The Hall–Kier alpha value is -1.25. The van der Waals surface area contributed by atoms with Crippen molar-refractivity contribution in [3.8, 4) is 0 Å². The van der Waals surface area contributed by atoms with Gasteiger partial charge in [0.15, 0.2) is 0 Å². The molecule has 0 spiro atoms. The van der Waals surface area contributed by atoms with Gasteiger partial charge in [0, 0.05) is 25.2 Å². The molecule has 0 aliphatic carbocycles. The predicted molar refractivity (Wildman–Crippen MR) is 73.8 cm³/mol. The maximum absolute atomic E-state index is 11.9. The van der Waals surface area contributed by atoms with Crippen molar-refractivity contribution in [3.05, 3.63) is 28.0 Å². The first-order valence-electron chi connectivity index (χ1n) is 5.68. The largest absolute Gasteiger partial charge is 0.264 e. The number of sulfonamides is 1. The zero-order chi connectivity index (χ0) is 14.2. The molecule has 0 aromatic carbocycles. The van der Waals surface area contributed by atoms with Gasteiger partial charge in [0.25, 0.3) is 0 Å². The predicted octanol–water partition coefficient (Wildman–Crippen LogP) is 1.26. The summed E-state index contributed by atoms with van der Waals surface area (Å²) in [6.45, 7) is 4.46. The summed E-state index contributed by atoms with van der Waals surface area (Å²) >= 11 is 1.60. The molecule has 2 aromatic rings. The van der Waals surface area contributed by atoms with E-state index in [0.717, 1.165) is 10.7 Å². The van der Waals surface area contributed by atoms with Crippen LogP contribution in [0.25, 0.3) is 0 Å². The fourth-order valence-electron chi connectivity index (χ4n) is 1.52. The Bertz CT molecular complexity index is 666. The molecule has 2 heterocycles. The van der Waals surface area contributed by atoms with Gasteiger partial charge in [-0.2, -0.15) is 5.10 Å². The fourth-order valence-corrected chi connectivity index (χ4v) is 3.30. The quantitative estimate of drug-likeness (QED) is 0.852. The first-order valence-corrected chi connectivity index (χ1v) is 7.94. The highest BCUT2D eigenvalue weighted by molar-refractivity contribution is 7.89. The van der Waals surface area contributed by atoms with Crippen molar-refractivity contribution in [3.63, 3.8) is 0 Å². The van der Waals surface area contributed by atoms with Crippen molar-refractivity contribution >= 4 is 21.4 Å². The van der Waals surface area contributed by atoms with Crippen LogP contribution in [0, 0.1) is 13.8 Å². The Labute approximate surface area is 116 Å². The fraction of sp³-hybridized carbons (Fsp3) is 0.455. The summed E-state index contributed by atoms with van der Waals surface area (Å²) in [6, 6.07) is 0. The van der Waals surface area contributed by atoms with Gasteiger partial charge in [-0.1, -0.05) is 0 Å². The zero-order valence-corrected chi connectivity index (χ0v) is 12.9. The molecule has 0 unspecified atom stereocenters. The van der Waals surface area contributed by atoms with Gasteiger partial charge in [0.05, 0.1) is 18.4 Å². The van der Waals surface area contributed by atoms with Gasteiger partial charge in [-0.15, -0.1) is 11.3 Å². The number of aromatic nitrogens is 3. The smallest absolute Gasteiger partial charge is 0.245 e. The first-order chi connectivity index (χ1) is 8.80. The van der Waals surface area contributed by atoms with Crippen molar-refractivity contribution in [1.82, 2.24) is 19.1 Å². The third-order valence-electron chi connectivity index (χ3n) is 2.76. The van der Waals surface area contributed by atoms with Crippen LogP contribution in [0.2, 0.25) is 0 Å². The molecule has 0 saturated carbocycles. The Balaban J connectivity index is 2.23. The second-order valence-corrected chi connectivity index (χ2v) is 7.85. The van der Waals surface area contributed by atoms with E-state index in [2.05, 4.69) is 10.1 Å². The Morgan fingerprint density at radius 3 is 2.58 bits per heavy atom. The van der Waals surface area contributed by atoms with E-state index in [9.17, 15) is 8.42 Å². The summed E-state index contributed by atoms with van der Waals surface area (Å²) in [5.41, 5.74) is 1.01. The van der Waals surface area contributed by atoms with Crippen LogP contribution in [-0.4, -0.2) is 41.6 Å². The maximum atomic E-state index is 11.9. The van der Waals surface area contributed by atoms with Crippen LogP contribution in [0.4, 0.5) is 0 Å². The molecule has 0 radical (unpaired) electrons. The number of nitrogens with zero attached hydrogens (tertiary/aromatic N) is 4. The monoisotopic (exact) mass is 300 g/mol. The summed E-state index contributed by atoms with van der Waals surface area (Å²) in [4.78, 5) is 5.78. The number of aryl methyl sites for hydroxylation is 2. The highest BCUT2D eigenvalue weighted by Gasteiger charge is 2.19. The van der Waals surface area contributed by atoms with E-state index in [-0.39, 0.29) is 4.90 Å². The minimum atomic E-state index is -3.42. The van der Waals surface area contributed by atoms with Crippen molar-refractivity contribution < 1.29 is 8.42 Å². The van der Waals surface area contributed by atoms with Crippen molar-refractivity contribution in [2.45, 2.75) is 25.3 Å². The zero-order valence-electron chi connectivity index (χ0n) is 11.3. The summed E-state index contributed by atoms with van der Waals surface area (Å²) in [5.74, 6) is 0. The summed E-state index contributed by atoms with van der Waals surface area (Å²) in [5, 5.41) is 5.00. The van der Waals surface area contributed by atoms with Crippen LogP contribution < -0.4 is 0 Å². The third-order valence-corrected chi connectivity index (χ3v) is 5.58. The molecule has 0 aliphatic heterocycles. The SMILES string of the molecule is Cc1nc(Cn2cc(S(=O)(=O)N(C)C)cn2)sc1C. The van der Waals surface area contributed by atoms with E-state index in [1.54, 1.807) is 16.0 Å². The lowest BCUT2D eigenvalue weighted by molar-refractivity contribution is 0.520. The molecule has 0 amide bonds. The molecule has 2 aromatic heterocycles. The second kappa shape index (κ2) is 5.03. The first kappa shape index (κ1) is 14.2. The van der Waals surface area contributed by atoms with Crippen LogP contribution in [0.3, 0.4) is 0 Å². The van der Waals surface area contributed by atoms with Crippen molar-refractivity contribution in [2.24, 2.45) is 0 Å². The average Bonchev–Trinajstić information content (AvgIpc) is 2.88. The van der Waals surface area contributed by atoms with E-state index in [4.69, 9.17) is 0 Å². The lowest BCUT2D eigenvalue weighted by atomic mass is 10.4. The molecule has 8 heteroatoms. The molecular formula is C11H16N4O2S2. The Kier molecular flexibility index (Phi) is 3.75. The van der Waals surface area contributed by atoms with Gasteiger partial charge in [-0.3, -0.25) is 4.68 Å². The summed E-state index contributed by atoms with van der Waals surface area (Å²) in [7, 11) is -0.418. The summed E-state index contributed by atoms with van der Waals surface area (Å²) in [6.07, 6.45) is 2.89. The molecule has 104 valence electrons. The molecule has 6 nitrogen and oxygen atoms in total. The van der Waals surface area contributed by atoms with E-state index < -0.39 is 10.0 Å². The molecule has 0 aliphatic rings. The second-order valence-electron chi connectivity index (χ2n) is 4.41. The number of hydrogen-bond acceptors (Lipinski definition) is 5. The van der Waals surface area contributed by atoms with Crippen LogP contribution in [0.5, 0.6) is 0 Å². The molecule has 0 N–H and O–H groups in total. The van der Waals surface area contributed by atoms with Crippen molar-refractivity contribution in [2.75, 3.05) is 14.1 Å². The Morgan fingerprint density at radius 2 is 2.05 bits per heavy atom. The van der Waals surface area contributed by atoms with Gasteiger partial charge >= 0.3 is 0 Å². The average molecular weight is 300 g/mol. The molecule has 0 saturated heterocycles. The van der Waals surface area contributed by atoms with E-state index >= 15 is 0 Å².